The van der Waals surface area contributed by atoms with Crippen molar-refractivity contribution in [1.82, 2.24) is 5.32 Å². The topological polar surface area (TPSA) is 69.7 Å². The molecule has 152 valence electrons. The van der Waals surface area contributed by atoms with Crippen molar-refractivity contribution in [3.8, 4) is 0 Å². The molecule has 6 nitrogen and oxygen atoms in total. The summed E-state index contributed by atoms with van der Waals surface area (Å²) in [5.74, 6) is -0.312. The van der Waals surface area contributed by atoms with Gasteiger partial charge in [0.05, 0.1) is 11.9 Å². The number of amides is 1. The van der Waals surface area contributed by atoms with Gasteiger partial charge in [-0.05, 0) is 44.0 Å². The van der Waals surface area contributed by atoms with Crippen LogP contribution >= 0.6 is 0 Å². The number of benzene rings is 2. The third-order valence-corrected chi connectivity index (χ3v) is 5.62. The smallest absolute Gasteiger partial charge is 0.240 e. The van der Waals surface area contributed by atoms with Crippen molar-refractivity contribution in [2.75, 3.05) is 42.1 Å². The quantitative estimate of drug-likeness (QED) is 0.654. The van der Waals surface area contributed by atoms with Crippen molar-refractivity contribution in [1.29, 1.82) is 0 Å². The van der Waals surface area contributed by atoms with Gasteiger partial charge in [0.2, 0.25) is 15.9 Å². The number of carbonyl (C=O) groups excluding carboxylic acids is 1. The van der Waals surface area contributed by atoms with E-state index in [1.54, 1.807) is 6.07 Å². The van der Waals surface area contributed by atoms with Crippen LogP contribution in [0.25, 0.3) is 0 Å². The summed E-state index contributed by atoms with van der Waals surface area (Å²) in [7, 11) is -1.56. The largest absolute Gasteiger partial charge is 0.375 e. The lowest BCUT2D eigenvalue weighted by Crippen LogP contribution is -2.41. The van der Waals surface area contributed by atoms with E-state index in [9.17, 15) is 13.2 Å². The van der Waals surface area contributed by atoms with Gasteiger partial charge in [0.15, 0.2) is 0 Å². The summed E-state index contributed by atoms with van der Waals surface area (Å²) in [4.78, 5) is 14.5. The summed E-state index contributed by atoms with van der Waals surface area (Å²) >= 11 is 0. The highest BCUT2D eigenvalue weighted by molar-refractivity contribution is 7.92. The lowest BCUT2D eigenvalue weighted by atomic mass is 10.1. The lowest BCUT2D eigenvalue weighted by molar-refractivity contribution is -0.119. The maximum Gasteiger partial charge on any atom is 0.240 e. The van der Waals surface area contributed by atoms with E-state index in [0.717, 1.165) is 40.3 Å². The molecule has 2 aromatic carbocycles. The average Bonchev–Trinajstić information content (AvgIpc) is 2.63. The fourth-order valence-corrected chi connectivity index (χ4v) is 3.92. The Morgan fingerprint density at radius 1 is 1.07 bits per heavy atom. The average molecular weight is 404 g/mol. The summed E-state index contributed by atoms with van der Waals surface area (Å²) in [6.07, 6.45) is 1.88. The van der Waals surface area contributed by atoms with E-state index in [4.69, 9.17) is 0 Å². The number of para-hydroxylation sites is 1. The van der Waals surface area contributed by atoms with E-state index < -0.39 is 10.0 Å². The van der Waals surface area contributed by atoms with E-state index >= 15 is 0 Å². The molecule has 0 bridgehead atoms. The number of carbonyl (C=O) groups is 1. The summed E-state index contributed by atoms with van der Waals surface area (Å²) < 4.78 is 25.6. The summed E-state index contributed by atoms with van der Waals surface area (Å²) in [5, 5.41) is 2.82. The molecule has 0 saturated heterocycles. The molecule has 0 heterocycles. The van der Waals surface area contributed by atoms with Crippen LogP contribution in [0, 0.1) is 13.8 Å². The SMILES string of the molecule is Cc1ccc(N(CC(=O)NCCCN(C)c2ccccc2)S(C)(=O)=O)c(C)c1. The second-order valence-electron chi connectivity index (χ2n) is 7.02. The highest BCUT2D eigenvalue weighted by Crippen LogP contribution is 2.23. The predicted octanol–water partition coefficient (Wildman–Crippen LogP) is 2.71. The zero-order chi connectivity index (χ0) is 20.7. The molecule has 0 atom stereocenters. The van der Waals surface area contributed by atoms with Crippen LogP contribution < -0.4 is 14.5 Å². The molecule has 0 aromatic heterocycles. The van der Waals surface area contributed by atoms with Crippen molar-refractivity contribution in [2.45, 2.75) is 20.3 Å². The third kappa shape index (κ3) is 6.27. The number of nitrogens with one attached hydrogen (secondary N) is 1. The molecular weight excluding hydrogens is 374 g/mol. The molecule has 7 heteroatoms. The van der Waals surface area contributed by atoms with Crippen LogP contribution in [0.3, 0.4) is 0 Å². The predicted molar refractivity (Wildman–Crippen MR) is 115 cm³/mol. The molecule has 1 N–H and O–H groups in total. The Hall–Kier alpha value is -2.54. The van der Waals surface area contributed by atoms with E-state index in [1.807, 2.05) is 63.4 Å². The van der Waals surface area contributed by atoms with Crippen molar-refractivity contribution in [3.63, 3.8) is 0 Å². The third-order valence-electron chi connectivity index (χ3n) is 4.50. The zero-order valence-corrected chi connectivity index (χ0v) is 17.8. The van der Waals surface area contributed by atoms with Crippen LogP contribution in [0.5, 0.6) is 0 Å². The van der Waals surface area contributed by atoms with Crippen LogP contribution in [0.4, 0.5) is 11.4 Å². The molecule has 1 amide bonds. The van der Waals surface area contributed by atoms with Gasteiger partial charge in [-0.25, -0.2) is 8.42 Å². The molecular formula is C21H29N3O3S. The fourth-order valence-electron chi connectivity index (χ4n) is 3.01. The van der Waals surface area contributed by atoms with E-state index in [1.165, 1.54) is 0 Å². The first kappa shape index (κ1) is 21.8. The molecule has 2 rings (SSSR count). The number of rotatable bonds is 9. The zero-order valence-electron chi connectivity index (χ0n) is 17.0. The number of hydrogen-bond donors (Lipinski definition) is 1. The monoisotopic (exact) mass is 403 g/mol. The van der Waals surface area contributed by atoms with Gasteiger partial charge in [0.25, 0.3) is 0 Å². The van der Waals surface area contributed by atoms with Gasteiger partial charge in [-0.1, -0.05) is 35.9 Å². The van der Waals surface area contributed by atoms with Crippen LogP contribution in [0.15, 0.2) is 48.5 Å². The second-order valence-corrected chi connectivity index (χ2v) is 8.93. The minimum Gasteiger partial charge on any atom is -0.375 e. The van der Waals surface area contributed by atoms with Crippen LogP contribution in [0.1, 0.15) is 17.5 Å². The normalized spacial score (nSPS) is 11.1. The Morgan fingerprint density at radius 3 is 2.36 bits per heavy atom. The molecule has 28 heavy (non-hydrogen) atoms. The maximum absolute atomic E-state index is 12.3. The molecule has 0 radical (unpaired) electrons. The Morgan fingerprint density at radius 2 is 1.75 bits per heavy atom. The molecule has 0 aliphatic carbocycles. The van der Waals surface area contributed by atoms with Crippen LogP contribution in [0.2, 0.25) is 0 Å². The number of aryl methyl sites for hydroxylation is 2. The van der Waals surface area contributed by atoms with Crippen molar-refractivity contribution in [2.24, 2.45) is 0 Å². The minimum absolute atomic E-state index is 0.225. The Balaban J connectivity index is 1.90. The summed E-state index contributed by atoms with van der Waals surface area (Å²) in [5.41, 5.74) is 3.52. The Labute approximate surface area is 168 Å². The maximum atomic E-state index is 12.3. The Kier molecular flexibility index (Phi) is 7.45. The minimum atomic E-state index is -3.56. The van der Waals surface area contributed by atoms with Crippen LogP contribution in [-0.4, -0.2) is 47.3 Å². The fraction of sp³-hybridized carbons (Fsp3) is 0.381. The lowest BCUT2D eigenvalue weighted by Gasteiger charge is -2.24. The first-order chi connectivity index (χ1) is 13.2. The molecule has 0 fully saturated rings. The highest BCUT2D eigenvalue weighted by atomic mass is 32.2. The van der Waals surface area contributed by atoms with Gasteiger partial charge in [-0.2, -0.15) is 0 Å². The van der Waals surface area contributed by atoms with Gasteiger partial charge in [-0.15, -0.1) is 0 Å². The van der Waals surface area contributed by atoms with Crippen molar-refractivity contribution in [3.05, 3.63) is 59.7 Å². The number of sulfonamides is 1. The van der Waals surface area contributed by atoms with E-state index in [2.05, 4.69) is 10.2 Å². The first-order valence-corrected chi connectivity index (χ1v) is 11.1. The molecule has 0 spiro atoms. The van der Waals surface area contributed by atoms with Gasteiger partial charge in [0.1, 0.15) is 6.54 Å². The van der Waals surface area contributed by atoms with Gasteiger partial charge in [0, 0.05) is 25.8 Å². The first-order valence-electron chi connectivity index (χ1n) is 9.26. The summed E-state index contributed by atoms with van der Waals surface area (Å²) in [6, 6.07) is 15.5. The van der Waals surface area contributed by atoms with E-state index in [-0.39, 0.29) is 12.5 Å². The number of anilines is 2. The van der Waals surface area contributed by atoms with Crippen molar-refractivity contribution >= 4 is 27.3 Å². The molecule has 0 saturated carbocycles. The second kappa shape index (κ2) is 9.59. The number of nitrogens with zero attached hydrogens (tertiary/aromatic N) is 2. The van der Waals surface area contributed by atoms with Gasteiger partial charge < -0.3 is 10.2 Å². The Bertz CT molecular complexity index is 898. The standard InChI is InChI=1S/C21H29N3O3S/c1-17-11-12-20(18(2)15-17)24(28(4,26)27)16-21(25)22-13-8-14-23(3)19-9-6-5-7-10-19/h5-7,9-12,15H,8,13-14,16H2,1-4H3,(H,22,25). The molecule has 2 aromatic rings. The van der Waals surface area contributed by atoms with E-state index in [0.29, 0.717) is 12.2 Å². The molecule has 0 aliphatic heterocycles. The van der Waals surface area contributed by atoms with Crippen molar-refractivity contribution < 1.29 is 13.2 Å². The summed E-state index contributed by atoms with van der Waals surface area (Å²) in [6.45, 7) is 4.84. The molecule has 0 aliphatic rings. The van der Waals surface area contributed by atoms with Crippen LogP contribution in [-0.2, 0) is 14.8 Å². The van der Waals surface area contributed by atoms with Gasteiger partial charge in [-0.3, -0.25) is 9.10 Å². The molecule has 0 unspecified atom stereocenters. The van der Waals surface area contributed by atoms with Gasteiger partial charge >= 0.3 is 0 Å². The number of hydrogen-bond acceptors (Lipinski definition) is 4. The highest BCUT2D eigenvalue weighted by Gasteiger charge is 2.22.